The molecule has 276 valence electrons. The SMILES string of the molecule is c1ccc2c(c1)oc1ccc(-c3cc4c5c(c3)N(c3ccc6sc7ccccc7c6c3)c3cc6c(cc3B5c3cc5sc7ccccc7c5cc3-4)sc3ccccc36)cc12. The molecule has 2 aliphatic rings. The number of benzene rings is 9. The minimum atomic E-state index is 0.0977. The predicted molar refractivity (Wildman–Crippen MR) is 263 cm³/mol. The first-order chi connectivity index (χ1) is 29.7. The normalized spacial score (nSPS) is 13.3. The van der Waals surface area contributed by atoms with Crippen LogP contribution in [0.15, 0.2) is 174 Å². The van der Waals surface area contributed by atoms with Crippen molar-refractivity contribution in [3.05, 3.63) is 170 Å². The van der Waals surface area contributed by atoms with Crippen LogP contribution in [0.2, 0.25) is 0 Å². The summed E-state index contributed by atoms with van der Waals surface area (Å²) in [5.74, 6) is 0. The van der Waals surface area contributed by atoms with Gasteiger partial charge in [0.2, 0.25) is 6.71 Å². The van der Waals surface area contributed by atoms with Crippen molar-refractivity contribution in [1.29, 1.82) is 0 Å². The van der Waals surface area contributed by atoms with Gasteiger partial charge in [0, 0.05) is 88.4 Å². The fourth-order valence-electron chi connectivity index (χ4n) is 10.6. The Morgan fingerprint density at radius 2 is 0.967 bits per heavy atom. The molecule has 9 aromatic carbocycles. The second kappa shape index (κ2) is 11.5. The van der Waals surface area contributed by atoms with Crippen LogP contribution in [0, 0.1) is 0 Å². The predicted octanol–water partition coefficient (Wildman–Crippen LogP) is 14.6. The highest BCUT2D eigenvalue weighted by Crippen LogP contribution is 2.48. The number of rotatable bonds is 2. The summed E-state index contributed by atoms with van der Waals surface area (Å²) >= 11 is 5.71. The smallest absolute Gasteiger partial charge is 0.248 e. The zero-order valence-corrected chi connectivity index (χ0v) is 34.3. The summed E-state index contributed by atoms with van der Waals surface area (Å²) in [6.07, 6.45) is 0. The number of hydrogen-bond donors (Lipinski definition) is 0. The summed E-state index contributed by atoms with van der Waals surface area (Å²) < 4.78 is 14.3. The maximum atomic E-state index is 6.33. The molecule has 60 heavy (non-hydrogen) atoms. The highest BCUT2D eigenvalue weighted by atomic mass is 32.1. The van der Waals surface area contributed by atoms with Gasteiger partial charge < -0.3 is 9.32 Å². The van der Waals surface area contributed by atoms with Gasteiger partial charge in [0.25, 0.3) is 0 Å². The monoisotopic (exact) mass is 813 g/mol. The fraction of sp³-hybridized carbons (Fsp3) is 0. The lowest BCUT2D eigenvalue weighted by Crippen LogP contribution is -2.54. The quantitative estimate of drug-likeness (QED) is 0.162. The van der Waals surface area contributed by atoms with Gasteiger partial charge in [0.15, 0.2) is 0 Å². The van der Waals surface area contributed by atoms with E-state index in [9.17, 15) is 0 Å². The molecule has 2 aliphatic heterocycles. The summed E-state index contributed by atoms with van der Waals surface area (Å²) in [6, 6.07) is 64.0. The number of nitrogens with zero attached hydrogens (tertiary/aromatic N) is 1. The van der Waals surface area contributed by atoms with E-state index in [-0.39, 0.29) is 6.71 Å². The molecule has 0 atom stereocenters. The maximum absolute atomic E-state index is 6.33. The standard InChI is InChI=1S/C54H28BNOS3/c1-5-13-46-32(9-1)37-21-29(17-19-47(37)57-46)30-22-41-36-25-39-34-11-3-7-15-49(34)59-52(39)27-42(36)55-43-28-53-40(35-12-4-8-16-50(35)60-53)26-44(43)56(45(23-30)54(41)55)31-18-20-51-38(24-31)33-10-2-6-14-48(33)58-51/h1-28H. The third kappa shape index (κ3) is 4.22. The van der Waals surface area contributed by atoms with Gasteiger partial charge in [-0.25, -0.2) is 0 Å². The molecule has 0 spiro atoms. The lowest BCUT2D eigenvalue weighted by molar-refractivity contribution is 0.669. The van der Waals surface area contributed by atoms with Crippen LogP contribution in [-0.4, -0.2) is 6.71 Å². The lowest BCUT2D eigenvalue weighted by Gasteiger charge is -2.36. The first-order valence-corrected chi connectivity index (χ1v) is 22.9. The van der Waals surface area contributed by atoms with Gasteiger partial charge in [-0.3, -0.25) is 0 Å². The van der Waals surface area contributed by atoms with Crippen molar-refractivity contribution in [2.75, 3.05) is 4.90 Å². The van der Waals surface area contributed by atoms with Gasteiger partial charge >= 0.3 is 0 Å². The second-order valence-corrected chi connectivity index (χ2v) is 19.6. The Morgan fingerprint density at radius 1 is 0.367 bits per heavy atom. The van der Waals surface area contributed by atoms with E-state index in [0.717, 1.165) is 21.9 Å². The summed E-state index contributed by atoms with van der Waals surface area (Å²) in [5, 5.41) is 10.2. The topological polar surface area (TPSA) is 16.4 Å². The van der Waals surface area contributed by atoms with E-state index in [1.54, 1.807) is 0 Å². The second-order valence-electron chi connectivity index (χ2n) is 16.4. The summed E-state index contributed by atoms with van der Waals surface area (Å²) in [6.45, 7) is 0.0977. The van der Waals surface area contributed by atoms with E-state index in [1.165, 1.54) is 116 Å². The van der Waals surface area contributed by atoms with Gasteiger partial charge in [-0.05, 0) is 124 Å². The minimum Gasteiger partial charge on any atom is -0.456 e. The van der Waals surface area contributed by atoms with Crippen LogP contribution in [0.5, 0.6) is 0 Å². The number of furan rings is 1. The van der Waals surface area contributed by atoms with Crippen molar-refractivity contribution in [3.63, 3.8) is 0 Å². The average molecular weight is 814 g/mol. The van der Waals surface area contributed by atoms with E-state index in [4.69, 9.17) is 4.42 Å². The van der Waals surface area contributed by atoms with Crippen LogP contribution >= 0.6 is 34.0 Å². The highest BCUT2D eigenvalue weighted by molar-refractivity contribution is 7.27. The Labute approximate surface area is 355 Å². The Morgan fingerprint density at radius 3 is 1.72 bits per heavy atom. The molecule has 0 radical (unpaired) electrons. The largest absolute Gasteiger partial charge is 0.456 e. The minimum absolute atomic E-state index is 0.0977. The third-order valence-corrected chi connectivity index (χ3v) is 16.7. The fourth-order valence-corrected chi connectivity index (χ4v) is 14.0. The van der Waals surface area contributed by atoms with Crippen LogP contribution in [0.25, 0.3) is 105 Å². The highest BCUT2D eigenvalue weighted by Gasteiger charge is 2.44. The molecule has 0 saturated carbocycles. The molecule has 0 amide bonds. The first kappa shape index (κ1) is 32.2. The molecular formula is C54H28BNOS3. The molecular weight excluding hydrogens is 786 g/mol. The Kier molecular flexibility index (Phi) is 6.18. The molecule has 0 fully saturated rings. The molecule has 6 heteroatoms. The molecule has 6 heterocycles. The zero-order chi connectivity index (χ0) is 38.8. The summed E-state index contributed by atoms with van der Waals surface area (Å²) in [4.78, 5) is 2.60. The van der Waals surface area contributed by atoms with E-state index >= 15 is 0 Å². The molecule has 0 saturated heterocycles. The summed E-state index contributed by atoms with van der Waals surface area (Å²) in [5.41, 5.74) is 14.7. The molecule has 2 nitrogen and oxygen atoms in total. The lowest BCUT2D eigenvalue weighted by atomic mass is 9.37. The molecule has 0 bridgehead atoms. The van der Waals surface area contributed by atoms with Gasteiger partial charge in [-0.2, -0.15) is 0 Å². The van der Waals surface area contributed by atoms with Crippen LogP contribution in [0.1, 0.15) is 0 Å². The molecule has 4 aromatic heterocycles. The molecule has 0 N–H and O–H groups in total. The van der Waals surface area contributed by atoms with E-state index < -0.39 is 0 Å². The van der Waals surface area contributed by atoms with Crippen LogP contribution in [-0.2, 0) is 0 Å². The average Bonchev–Trinajstić information content (AvgIpc) is 4.10. The third-order valence-electron chi connectivity index (χ3n) is 13.2. The van der Waals surface area contributed by atoms with Gasteiger partial charge in [-0.15, -0.1) is 34.0 Å². The number of anilines is 3. The zero-order valence-electron chi connectivity index (χ0n) is 31.8. The Balaban J connectivity index is 1.08. The number of thiophene rings is 3. The molecule has 0 aliphatic carbocycles. The van der Waals surface area contributed by atoms with Crippen molar-refractivity contribution in [3.8, 4) is 22.3 Å². The summed E-state index contributed by atoms with van der Waals surface area (Å²) in [7, 11) is 0. The van der Waals surface area contributed by atoms with E-state index in [2.05, 4.69) is 169 Å². The van der Waals surface area contributed by atoms with Crippen LogP contribution < -0.4 is 21.3 Å². The maximum Gasteiger partial charge on any atom is 0.248 e. The van der Waals surface area contributed by atoms with E-state index in [0.29, 0.717) is 0 Å². The number of para-hydroxylation sites is 1. The van der Waals surface area contributed by atoms with Gasteiger partial charge in [0.1, 0.15) is 11.2 Å². The van der Waals surface area contributed by atoms with Gasteiger partial charge in [0.05, 0.1) is 0 Å². The number of fused-ring (bicyclic) bond motifs is 17. The molecule has 15 rings (SSSR count). The molecule has 13 aromatic rings. The van der Waals surface area contributed by atoms with Crippen LogP contribution in [0.3, 0.4) is 0 Å². The Bertz CT molecular complexity index is 4050. The molecule has 0 unspecified atom stereocenters. The van der Waals surface area contributed by atoms with Crippen molar-refractivity contribution < 1.29 is 4.42 Å². The number of hydrogen-bond acceptors (Lipinski definition) is 5. The van der Waals surface area contributed by atoms with Crippen LogP contribution in [0.4, 0.5) is 17.1 Å². The Hall–Kier alpha value is -6.70. The van der Waals surface area contributed by atoms with Gasteiger partial charge in [-0.1, -0.05) is 84.3 Å². The van der Waals surface area contributed by atoms with Crippen molar-refractivity contribution in [2.45, 2.75) is 0 Å². The van der Waals surface area contributed by atoms with E-state index in [1.807, 2.05) is 40.1 Å². The van der Waals surface area contributed by atoms with Crippen molar-refractivity contribution >= 4 is 157 Å². The van der Waals surface area contributed by atoms with Crippen molar-refractivity contribution in [1.82, 2.24) is 0 Å². The first-order valence-electron chi connectivity index (χ1n) is 20.4. The van der Waals surface area contributed by atoms with Crippen molar-refractivity contribution in [2.24, 2.45) is 0 Å².